The second-order valence-electron chi connectivity index (χ2n) is 6.94. The summed E-state index contributed by atoms with van der Waals surface area (Å²) in [6.07, 6.45) is 3.86. The third-order valence-electron chi connectivity index (χ3n) is 5.14. The lowest BCUT2D eigenvalue weighted by Crippen LogP contribution is -2.54. The van der Waals surface area contributed by atoms with Crippen molar-refractivity contribution in [3.63, 3.8) is 0 Å². The molecule has 1 saturated carbocycles. The zero-order chi connectivity index (χ0) is 19.0. The van der Waals surface area contributed by atoms with Crippen molar-refractivity contribution in [2.75, 3.05) is 0 Å². The molecule has 1 amide bonds. The van der Waals surface area contributed by atoms with Crippen molar-refractivity contribution >= 4 is 22.8 Å². The van der Waals surface area contributed by atoms with Gasteiger partial charge in [0, 0.05) is 11.6 Å². The van der Waals surface area contributed by atoms with E-state index in [9.17, 15) is 9.59 Å². The van der Waals surface area contributed by atoms with Crippen molar-refractivity contribution in [1.29, 1.82) is 0 Å². The van der Waals surface area contributed by atoms with Crippen molar-refractivity contribution in [3.8, 4) is 5.69 Å². The Hall–Kier alpha value is -3.29. The first-order chi connectivity index (χ1) is 13.0. The minimum Gasteiger partial charge on any atom is -0.481 e. The Labute approximate surface area is 155 Å². The number of fused-ring (bicyclic) bond motifs is 1. The monoisotopic (exact) mass is 365 g/mol. The van der Waals surface area contributed by atoms with Crippen LogP contribution in [0.15, 0.2) is 36.5 Å². The summed E-state index contributed by atoms with van der Waals surface area (Å²) >= 11 is 0. The minimum absolute atomic E-state index is 0.0824. The van der Waals surface area contributed by atoms with E-state index in [1.807, 2.05) is 30.3 Å². The Morgan fingerprint density at radius 3 is 2.78 bits per heavy atom. The van der Waals surface area contributed by atoms with Gasteiger partial charge < -0.3 is 10.4 Å². The van der Waals surface area contributed by atoms with Gasteiger partial charge in [-0.1, -0.05) is 11.3 Å². The highest BCUT2D eigenvalue weighted by atomic mass is 16.4. The van der Waals surface area contributed by atoms with Crippen molar-refractivity contribution in [3.05, 3.63) is 47.9 Å². The van der Waals surface area contributed by atoms with Gasteiger partial charge in [-0.3, -0.25) is 14.6 Å². The summed E-state index contributed by atoms with van der Waals surface area (Å²) in [7, 11) is 0. The van der Waals surface area contributed by atoms with Crippen LogP contribution < -0.4 is 5.32 Å². The lowest BCUT2D eigenvalue weighted by molar-refractivity contribution is -0.139. The molecule has 0 radical (unpaired) electrons. The number of hydrogen-bond donors (Lipinski definition) is 2. The number of carboxylic acids is 1. The molecule has 8 nitrogen and oxygen atoms in total. The van der Waals surface area contributed by atoms with E-state index in [-0.39, 0.29) is 12.1 Å². The predicted octanol–water partition coefficient (Wildman–Crippen LogP) is 2.25. The van der Waals surface area contributed by atoms with E-state index in [0.717, 1.165) is 23.0 Å². The molecule has 0 bridgehead atoms. The first kappa shape index (κ1) is 17.1. The summed E-state index contributed by atoms with van der Waals surface area (Å²) < 4.78 is 1.61. The number of rotatable bonds is 5. The van der Waals surface area contributed by atoms with Gasteiger partial charge in [-0.05, 0) is 50.5 Å². The van der Waals surface area contributed by atoms with Gasteiger partial charge in [-0.2, -0.15) is 0 Å². The lowest BCUT2D eigenvalue weighted by atomic mass is 9.74. The quantitative estimate of drug-likeness (QED) is 0.718. The average Bonchev–Trinajstić information content (AvgIpc) is 3.00. The SMILES string of the molecule is Cc1c(C(=O)NC2(CC(=O)O)CCC2)nnn1-c1cccc2ncccc12. The highest BCUT2D eigenvalue weighted by molar-refractivity contribution is 5.94. The van der Waals surface area contributed by atoms with Gasteiger partial charge in [-0.25, -0.2) is 4.68 Å². The van der Waals surface area contributed by atoms with E-state index in [0.29, 0.717) is 18.5 Å². The number of nitrogens with one attached hydrogen (secondary N) is 1. The zero-order valence-corrected chi connectivity index (χ0v) is 14.8. The molecule has 1 aromatic carbocycles. The summed E-state index contributed by atoms with van der Waals surface area (Å²) in [5.74, 6) is -1.31. The molecule has 138 valence electrons. The highest BCUT2D eigenvalue weighted by Crippen LogP contribution is 2.35. The molecule has 0 saturated heterocycles. The summed E-state index contributed by atoms with van der Waals surface area (Å²) in [6.45, 7) is 1.77. The maximum atomic E-state index is 12.7. The molecule has 8 heteroatoms. The Bertz CT molecular complexity index is 1030. The fraction of sp³-hybridized carbons (Fsp3) is 0.316. The standard InChI is InChI=1S/C19H19N5O3/c1-12-17(18(27)21-19(8-4-9-19)11-16(25)26)22-23-24(12)15-7-2-6-14-13(15)5-3-10-20-14/h2-3,5-7,10H,4,8-9,11H2,1H3,(H,21,27)(H,25,26). The van der Waals surface area contributed by atoms with E-state index in [1.54, 1.807) is 17.8 Å². The van der Waals surface area contributed by atoms with Gasteiger partial charge >= 0.3 is 5.97 Å². The van der Waals surface area contributed by atoms with E-state index < -0.39 is 17.4 Å². The minimum atomic E-state index is -0.918. The molecule has 3 aromatic rings. The fourth-order valence-electron chi connectivity index (χ4n) is 3.58. The highest BCUT2D eigenvalue weighted by Gasteiger charge is 2.41. The number of carbonyl (C=O) groups excluding carboxylic acids is 1. The van der Waals surface area contributed by atoms with Crippen LogP contribution in [-0.2, 0) is 4.79 Å². The zero-order valence-electron chi connectivity index (χ0n) is 14.8. The van der Waals surface area contributed by atoms with Gasteiger partial charge in [-0.15, -0.1) is 5.10 Å². The van der Waals surface area contributed by atoms with Crippen LogP contribution in [0.5, 0.6) is 0 Å². The molecule has 4 rings (SSSR count). The van der Waals surface area contributed by atoms with Gasteiger partial charge in [0.15, 0.2) is 5.69 Å². The number of carboxylic acid groups (broad SMARTS) is 1. The molecule has 27 heavy (non-hydrogen) atoms. The number of benzene rings is 1. The fourth-order valence-corrected chi connectivity index (χ4v) is 3.58. The molecule has 1 aliphatic rings. The van der Waals surface area contributed by atoms with E-state index in [4.69, 9.17) is 5.11 Å². The lowest BCUT2D eigenvalue weighted by Gasteiger charge is -2.41. The normalized spacial score (nSPS) is 15.3. The van der Waals surface area contributed by atoms with Gasteiger partial charge in [0.25, 0.3) is 5.91 Å². The second kappa shape index (κ2) is 6.46. The van der Waals surface area contributed by atoms with Crippen LogP contribution in [0.3, 0.4) is 0 Å². The van der Waals surface area contributed by atoms with Crippen LogP contribution >= 0.6 is 0 Å². The Morgan fingerprint density at radius 2 is 2.07 bits per heavy atom. The molecule has 0 aliphatic heterocycles. The number of aromatic nitrogens is 4. The van der Waals surface area contributed by atoms with Crippen molar-refractivity contribution in [1.82, 2.24) is 25.3 Å². The number of carbonyl (C=O) groups is 2. The van der Waals surface area contributed by atoms with Crippen LogP contribution in [0, 0.1) is 6.92 Å². The molecule has 2 aromatic heterocycles. The molecular formula is C19H19N5O3. The maximum Gasteiger partial charge on any atom is 0.305 e. The van der Waals surface area contributed by atoms with Crippen LogP contribution in [0.2, 0.25) is 0 Å². The predicted molar refractivity (Wildman–Crippen MR) is 97.7 cm³/mol. The summed E-state index contributed by atoms with van der Waals surface area (Å²) in [5, 5.41) is 21.1. The molecule has 0 spiro atoms. The van der Waals surface area contributed by atoms with Crippen LogP contribution in [0.1, 0.15) is 41.9 Å². The Balaban J connectivity index is 1.66. The topological polar surface area (TPSA) is 110 Å². The maximum absolute atomic E-state index is 12.7. The molecular weight excluding hydrogens is 346 g/mol. The third-order valence-corrected chi connectivity index (χ3v) is 5.14. The molecule has 2 N–H and O–H groups in total. The van der Waals surface area contributed by atoms with Crippen molar-refractivity contribution < 1.29 is 14.7 Å². The summed E-state index contributed by atoms with van der Waals surface area (Å²) in [6, 6.07) is 9.46. The molecule has 1 aliphatic carbocycles. The molecule has 1 fully saturated rings. The van der Waals surface area contributed by atoms with Gasteiger partial charge in [0.1, 0.15) is 0 Å². The Kier molecular flexibility index (Phi) is 4.10. The Morgan fingerprint density at radius 1 is 1.26 bits per heavy atom. The van der Waals surface area contributed by atoms with Crippen molar-refractivity contribution in [2.24, 2.45) is 0 Å². The van der Waals surface area contributed by atoms with E-state index >= 15 is 0 Å². The van der Waals surface area contributed by atoms with E-state index in [2.05, 4.69) is 20.6 Å². The number of amides is 1. The summed E-state index contributed by atoms with van der Waals surface area (Å²) in [5.41, 5.74) is 1.73. The first-order valence-corrected chi connectivity index (χ1v) is 8.80. The van der Waals surface area contributed by atoms with Crippen LogP contribution in [0.25, 0.3) is 16.6 Å². The van der Waals surface area contributed by atoms with E-state index in [1.165, 1.54) is 0 Å². The largest absolute Gasteiger partial charge is 0.481 e. The molecule has 0 atom stereocenters. The molecule has 2 heterocycles. The number of nitrogens with zero attached hydrogens (tertiary/aromatic N) is 4. The van der Waals surface area contributed by atoms with Crippen LogP contribution in [-0.4, -0.2) is 42.5 Å². The summed E-state index contributed by atoms with van der Waals surface area (Å²) in [4.78, 5) is 28.2. The van der Waals surface area contributed by atoms with Crippen molar-refractivity contribution in [2.45, 2.75) is 38.1 Å². The third kappa shape index (κ3) is 3.03. The van der Waals surface area contributed by atoms with Gasteiger partial charge in [0.05, 0.1) is 28.9 Å². The van der Waals surface area contributed by atoms with Crippen LogP contribution in [0.4, 0.5) is 0 Å². The number of hydrogen-bond acceptors (Lipinski definition) is 5. The van der Waals surface area contributed by atoms with Gasteiger partial charge in [0.2, 0.25) is 0 Å². The first-order valence-electron chi connectivity index (χ1n) is 8.80. The number of pyridine rings is 1. The smallest absolute Gasteiger partial charge is 0.305 e. The average molecular weight is 365 g/mol. The second-order valence-corrected chi connectivity index (χ2v) is 6.94. The number of aliphatic carboxylic acids is 1. The molecule has 0 unspecified atom stereocenters.